The molecule has 2 aromatic carbocycles. The number of rotatable bonds is 6. The van der Waals surface area contributed by atoms with Gasteiger partial charge in [-0.25, -0.2) is 9.78 Å². The van der Waals surface area contributed by atoms with Crippen molar-refractivity contribution < 1.29 is 14.3 Å². The largest absolute Gasteiger partial charge is 0.481 e. The van der Waals surface area contributed by atoms with Gasteiger partial charge in [-0.2, -0.15) is 9.78 Å². The number of carbonyl (C=O) groups is 1. The molecular formula is C24H23Br2N3O4. The number of benzene rings is 2. The molecule has 1 aliphatic rings. The quantitative estimate of drug-likeness (QED) is 0.290. The van der Waals surface area contributed by atoms with Crippen molar-refractivity contribution in [2.45, 2.75) is 38.0 Å². The third-order valence-corrected chi connectivity index (χ3v) is 6.65. The van der Waals surface area contributed by atoms with Crippen molar-refractivity contribution in [1.29, 1.82) is 0 Å². The van der Waals surface area contributed by atoms with Gasteiger partial charge < -0.3 is 9.47 Å². The topological polar surface area (TPSA) is 82.8 Å². The summed E-state index contributed by atoms with van der Waals surface area (Å²) in [5.74, 6) is 0.823. The van der Waals surface area contributed by atoms with Gasteiger partial charge in [-0.15, -0.1) is 0 Å². The van der Waals surface area contributed by atoms with Crippen LogP contribution in [0.25, 0.3) is 10.9 Å². The zero-order valence-corrected chi connectivity index (χ0v) is 21.3. The van der Waals surface area contributed by atoms with E-state index in [1.54, 1.807) is 24.4 Å². The number of fused-ring (bicyclic) bond motifs is 1. The number of hydrogen-bond acceptors (Lipinski definition) is 6. The lowest BCUT2D eigenvalue weighted by molar-refractivity contribution is -0.142. The lowest BCUT2D eigenvalue weighted by Crippen LogP contribution is -2.25. The molecule has 9 heteroatoms. The third-order valence-electron chi connectivity index (χ3n) is 5.66. The van der Waals surface area contributed by atoms with Crippen LogP contribution in [0.4, 0.5) is 0 Å². The van der Waals surface area contributed by atoms with Gasteiger partial charge in [0, 0.05) is 20.4 Å². The Balaban J connectivity index is 1.79. The van der Waals surface area contributed by atoms with E-state index in [9.17, 15) is 9.59 Å². The Bertz CT molecular complexity index is 1270. The number of ether oxygens (including phenoxy) is 2. The molecule has 7 nitrogen and oxygen atoms in total. The van der Waals surface area contributed by atoms with Crippen molar-refractivity contribution in [3.8, 4) is 5.75 Å². The van der Waals surface area contributed by atoms with Crippen LogP contribution in [0.3, 0.4) is 0 Å². The number of methoxy groups -OCH3 is 1. The summed E-state index contributed by atoms with van der Waals surface area (Å²) in [6.07, 6.45) is 6.95. The Labute approximate surface area is 208 Å². The van der Waals surface area contributed by atoms with E-state index in [0.717, 1.165) is 34.6 Å². The molecule has 0 saturated heterocycles. The molecule has 4 rings (SSSR count). The Morgan fingerprint density at radius 3 is 2.64 bits per heavy atom. The summed E-state index contributed by atoms with van der Waals surface area (Å²) in [5, 5.41) is 5.06. The van der Waals surface area contributed by atoms with Crippen LogP contribution in [-0.4, -0.2) is 35.6 Å². The SMILES string of the molecule is COC(=O)COc1ccc(Br)cc1C=Nn1c(C2CCCCC2)nc2ccc(Br)cc2c1=O. The minimum Gasteiger partial charge on any atom is -0.481 e. The predicted molar refractivity (Wildman–Crippen MR) is 134 cm³/mol. The predicted octanol–water partition coefficient (Wildman–Crippen LogP) is 5.40. The molecular weight excluding hydrogens is 554 g/mol. The maximum absolute atomic E-state index is 13.5. The average Bonchev–Trinajstić information content (AvgIpc) is 2.83. The summed E-state index contributed by atoms with van der Waals surface area (Å²) < 4.78 is 13.3. The summed E-state index contributed by atoms with van der Waals surface area (Å²) in [6, 6.07) is 10.9. The summed E-state index contributed by atoms with van der Waals surface area (Å²) in [6.45, 7) is -0.224. The van der Waals surface area contributed by atoms with E-state index in [2.05, 4.69) is 41.7 Å². The molecule has 33 heavy (non-hydrogen) atoms. The van der Waals surface area contributed by atoms with Gasteiger partial charge in [0.05, 0.1) is 24.2 Å². The van der Waals surface area contributed by atoms with Gasteiger partial charge in [-0.3, -0.25) is 4.79 Å². The average molecular weight is 577 g/mol. The van der Waals surface area contributed by atoms with Crippen LogP contribution in [0.15, 0.2) is 55.2 Å². The zero-order valence-electron chi connectivity index (χ0n) is 18.1. The first-order valence-corrected chi connectivity index (χ1v) is 12.3. The van der Waals surface area contributed by atoms with E-state index >= 15 is 0 Å². The molecule has 3 aromatic rings. The van der Waals surface area contributed by atoms with E-state index in [1.807, 2.05) is 18.2 Å². The maximum atomic E-state index is 13.5. The van der Waals surface area contributed by atoms with Crippen LogP contribution in [-0.2, 0) is 9.53 Å². The fraction of sp³-hybridized carbons (Fsp3) is 0.333. The Kier molecular flexibility index (Phi) is 7.60. The molecule has 0 N–H and O–H groups in total. The van der Waals surface area contributed by atoms with E-state index in [4.69, 9.17) is 9.72 Å². The Morgan fingerprint density at radius 2 is 1.88 bits per heavy atom. The molecule has 172 valence electrons. The lowest BCUT2D eigenvalue weighted by Gasteiger charge is -2.22. The van der Waals surface area contributed by atoms with Gasteiger partial charge in [0.2, 0.25) is 0 Å². The van der Waals surface area contributed by atoms with Gasteiger partial charge >= 0.3 is 5.97 Å². The number of esters is 1. The highest BCUT2D eigenvalue weighted by molar-refractivity contribution is 9.10. The van der Waals surface area contributed by atoms with Crippen molar-refractivity contribution in [2.24, 2.45) is 5.10 Å². The molecule has 1 aliphatic carbocycles. The van der Waals surface area contributed by atoms with Gasteiger partial charge in [0.15, 0.2) is 6.61 Å². The zero-order chi connectivity index (χ0) is 23.4. The van der Waals surface area contributed by atoms with Crippen LogP contribution in [0.1, 0.15) is 49.4 Å². The second-order valence-electron chi connectivity index (χ2n) is 7.87. The molecule has 1 aromatic heterocycles. The van der Waals surface area contributed by atoms with Crippen molar-refractivity contribution in [1.82, 2.24) is 9.66 Å². The number of carbonyl (C=O) groups excluding carboxylic acids is 1. The van der Waals surface area contributed by atoms with E-state index < -0.39 is 5.97 Å². The second kappa shape index (κ2) is 10.6. The number of hydrogen-bond donors (Lipinski definition) is 0. The Hall–Kier alpha value is -2.52. The fourth-order valence-electron chi connectivity index (χ4n) is 3.97. The standard InChI is InChI=1S/C24H23Br2N3O4/c1-32-22(30)14-33-21-10-8-17(25)11-16(21)13-27-29-23(15-5-3-2-4-6-15)28-20-9-7-18(26)12-19(20)24(29)31/h7-13,15H,2-6,14H2,1H3. The van der Waals surface area contributed by atoms with E-state index in [-0.39, 0.29) is 18.1 Å². The summed E-state index contributed by atoms with van der Waals surface area (Å²) in [5.41, 5.74) is 1.06. The van der Waals surface area contributed by atoms with Gasteiger partial charge in [-0.05, 0) is 49.2 Å². The molecule has 1 saturated carbocycles. The molecule has 1 fully saturated rings. The highest BCUT2D eigenvalue weighted by atomic mass is 79.9. The molecule has 0 aliphatic heterocycles. The molecule has 0 spiro atoms. The van der Waals surface area contributed by atoms with Crippen molar-refractivity contribution >= 4 is 54.9 Å². The first-order chi connectivity index (χ1) is 16.0. The van der Waals surface area contributed by atoms with Gasteiger partial charge in [0.25, 0.3) is 5.56 Å². The number of aromatic nitrogens is 2. The van der Waals surface area contributed by atoms with Crippen LogP contribution in [0.5, 0.6) is 5.75 Å². The number of nitrogens with zero attached hydrogens (tertiary/aromatic N) is 3. The first kappa shape index (κ1) is 23.6. The summed E-state index contributed by atoms with van der Waals surface area (Å²) in [4.78, 5) is 29.8. The maximum Gasteiger partial charge on any atom is 0.343 e. The molecule has 0 atom stereocenters. The van der Waals surface area contributed by atoms with Crippen molar-refractivity contribution in [3.05, 3.63) is 67.1 Å². The molecule has 0 bridgehead atoms. The van der Waals surface area contributed by atoms with Crippen LogP contribution in [0, 0.1) is 0 Å². The Morgan fingerprint density at radius 1 is 1.15 bits per heavy atom. The highest BCUT2D eigenvalue weighted by Crippen LogP contribution is 2.32. The smallest absolute Gasteiger partial charge is 0.343 e. The highest BCUT2D eigenvalue weighted by Gasteiger charge is 2.22. The van der Waals surface area contributed by atoms with Gasteiger partial charge in [-0.1, -0.05) is 51.1 Å². The van der Waals surface area contributed by atoms with Crippen LogP contribution < -0.4 is 10.3 Å². The monoisotopic (exact) mass is 575 g/mol. The second-order valence-corrected chi connectivity index (χ2v) is 9.71. The first-order valence-electron chi connectivity index (χ1n) is 10.7. The van der Waals surface area contributed by atoms with Crippen molar-refractivity contribution in [2.75, 3.05) is 13.7 Å². The summed E-state index contributed by atoms with van der Waals surface area (Å²) in [7, 11) is 1.31. The van der Waals surface area contributed by atoms with Crippen LogP contribution >= 0.6 is 31.9 Å². The number of halogens is 2. The lowest BCUT2D eigenvalue weighted by atomic mass is 9.88. The fourth-order valence-corrected chi connectivity index (χ4v) is 4.71. The third kappa shape index (κ3) is 5.52. The molecule has 0 unspecified atom stereocenters. The molecule has 0 amide bonds. The minimum atomic E-state index is -0.485. The van der Waals surface area contributed by atoms with E-state index in [1.165, 1.54) is 18.2 Å². The van der Waals surface area contributed by atoms with Crippen molar-refractivity contribution in [3.63, 3.8) is 0 Å². The van der Waals surface area contributed by atoms with E-state index in [0.29, 0.717) is 28.0 Å². The van der Waals surface area contributed by atoms with Crippen LogP contribution in [0.2, 0.25) is 0 Å². The normalized spacial score (nSPS) is 14.6. The minimum absolute atomic E-state index is 0.175. The van der Waals surface area contributed by atoms with Gasteiger partial charge in [0.1, 0.15) is 11.6 Å². The molecule has 0 radical (unpaired) electrons. The summed E-state index contributed by atoms with van der Waals surface area (Å²) >= 11 is 6.89. The molecule has 1 heterocycles.